The van der Waals surface area contributed by atoms with Gasteiger partial charge in [-0.1, -0.05) is 0 Å². The average molecular weight is 127 g/mol. The first-order chi connectivity index (χ1) is 4.04. The summed E-state index contributed by atoms with van der Waals surface area (Å²) in [5.74, 6) is 1.00. The Morgan fingerprint density at radius 2 is 1.56 bits per heavy atom. The highest BCUT2D eigenvalue weighted by Crippen LogP contribution is 1.95. The molecule has 52 valence electrons. The predicted molar refractivity (Wildman–Crippen MR) is 39.9 cm³/mol. The molecule has 0 aliphatic carbocycles. The van der Waals surface area contributed by atoms with Crippen molar-refractivity contribution in [3.8, 4) is 0 Å². The van der Waals surface area contributed by atoms with Crippen LogP contribution in [0.2, 0.25) is 0 Å². The van der Waals surface area contributed by atoms with Crippen molar-refractivity contribution < 1.29 is 0 Å². The van der Waals surface area contributed by atoms with Crippen molar-refractivity contribution in [1.29, 1.82) is 0 Å². The van der Waals surface area contributed by atoms with Gasteiger partial charge in [0.1, 0.15) is 5.82 Å². The van der Waals surface area contributed by atoms with Crippen LogP contribution in [0.15, 0.2) is 16.4 Å². The Hall–Kier alpha value is -0.990. The van der Waals surface area contributed by atoms with E-state index >= 15 is 0 Å². The van der Waals surface area contributed by atoms with E-state index in [0.29, 0.717) is 11.7 Å². The van der Waals surface area contributed by atoms with Crippen molar-refractivity contribution in [2.45, 2.75) is 20.8 Å². The zero-order valence-electron chi connectivity index (χ0n) is 6.10. The van der Waals surface area contributed by atoms with Crippen molar-refractivity contribution in [2.24, 2.45) is 16.5 Å². The minimum Gasteiger partial charge on any atom is -0.387 e. The van der Waals surface area contributed by atoms with Crippen molar-refractivity contribution in [3.05, 3.63) is 11.4 Å². The van der Waals surface area contributed by atoms with Gasteiger partial charge in [0, 0.05) is 0 Å². The Bertz CT molecular complexity index is 148. The summed E-state index contributed by atoms with van der Waals surface area (Å²) in [5.41, 5.74) is 11.7. The first-order valence-corrected chi connectivity index (χ1v) is 2.77. The highest BCUT2D eigenvalue weighted by Gasteiger charge is 1.86. The van der Waals surface area contributed by atoms with Crippen LogP contribution >= 0.6 is 0 Å². The zero-order chi connectivity index (χ0) is 7.44. The van der Waals surface area contributed by atoms with E-state index in [1.165, 1.54) is 0 Å². The minimum absolute atomic E-state index is 0.494. The summed E-state index contributed by atoms with van der Waals surface area (Å²) >= 11 is 0. The van der Waals surface area contributed by atoms with E-state index in [1.54, 1.807) is 6.92 Å². The van der Waals surface area contributed by atoms with Gasteiger partial charge in [0.25, 0.3) is 0 Å². The Morgan fingerprint density at radius 3 is 1.67 bits per heavy atom. The van der Waals surface area contributed by atoms with Gasteiger partial charge >= 0.3 is 0 Å². The topological polar surface area (TPSA) is 64.4 Å². The molecule has 0 aliphatic rings. The quantitative estimate of drug-likeness (QED) is 0.399. The summed E-state index contributed by atoms with van der Waals surface area (Å²) < 4.78 is 0. The smallest absolute Gasteiger partial charge is 0.124 e. The molecule has 0 saturated heterocycles. The molecule has 3 nitrogen and oxygen atoms in total. The summed E-state index contributed by atoms with van der Waals surface area (Å²) in [7, 11) is 0. The number of nitrogens with two attached hydrogens (primary N) is 2. The van der Waals surface area contributed by atoms with Gasteiger partial charge in [-0.25, -0.2) is 4.99 Å². The van der Waals surface area contributed by atoms with Gasteiger partial charge in [-0.3, -0.25) is 0 Å². The van der Waals surface area contributed by atoms with Crippen LogP contribution in [-0.4, -0.2) is 5.84 Å². The number of hydrogen-bond acceptors (Lipinski definition) is 2. The number of allylic oxidation sites excluding steroid dienone is 1. The van der Waals surface area contributed by atoms with Crippen molar-refractivity contribution in [1.82, 2.24) is 0 Å². The highest BCUT2D eigenvalue weighted by atomic mass is 14.9. The number of nitrogens with zero attached hydrogens (tertiary/aromatic N) is 1. The molecule has 0 heterocycles. The molecule has 4 N–H and O–H groups in total. The van der Waals surface area contributed by atoms with Gasteiger partial charge < -0.3 is 11.5 Å². The van der Waals surface area contributed by atoms with Crippen molar-refractivity contribution >= 4 is 5.84 Å². The van der Waals surface area contributed by atoms with Gasteiger partial charge in [-0.15, -0.1) is 0 Å². The van der Waals surface area contributed by atoms with Gasteiger partial charge in [-0.2, -0.15) is 0 Å². The SMILES string of the molecule is CC(C)=C(N)/N=C(\C)N. The monoisotopic (exact) mass is 127 g/mol. The second kappa shape index (κ2) is 3.12. The maximum absolute atomic E-state index is 5.43. The largest absolute Gasteiger partial charge is 0.387 e. The first-order valence-electron chi connectivity index (χ1n) is 2.77. The fraction of sp³-hybridized carbons (Fsp3) is 0.500. The van der Waals surface area contributed by atoms with E-state index in [0.717, 1.165) is 5.57 Å². The fourth-order valence-electron chi connectivity index (χ4n) is 0.302. The van der Waals surface area contributed by atoms with E-state index in [2.05, 4.69) is 4.99 Å². The Morgan fingerprint density at radius 1 is 1.11 bits per heavy atom. The van der Waals surface area contributed by atoms with Crippen LogP contribution in [0.3, 0.4) is 0 Å². The average Bonchev–Trinajstić information content (AvgIpc) is 1.63. The molecule has 0 aromatic carbocycles. The maximum Gasteiger partial charge on any atom is 0.124 e. The summed E-state index contributed by atoms with van der Waals surface area (Å²) in [6.07, 6.45) is 0. The van der Waals surface area contributed by atoms with Gasteiger partial charge in [0.15, 0.2) is 0 Å². The molecule has 0 radical (unpaired) electrons. The van der Waals surface area contributed by atoms with Gasteiger partial charge in [-0.05, 0) is 26.3 Å². The first kappa shape index (κ1) is 8.01. The van der Waals surface area contributed by atoms with E-state index < -0.39 is 0 Å². The van der Waals surface area contributed by atoms with Gasteiger partial charge in [0.2, 0.25) is 0 Å². The van der Waals surface area contributed by atoms with E-state index in [9.17, 15) is 0 Å². The summed E-state index contributed by atoms with van der Waals surface area (Å²) in [4.78, 5) is 3.83. The molecule has 0 aromatic heterocycles. The normalized spacial score (nSPS) is 11.2. The minimum atomic E-state index is 0.494. The molecule has 0 unspecified atom stereocenters. The van der Waals surface area contributed by atoms with E-state index in [-0.39, 0.29) is 0 Å². The maximum atomic E-state index is 5.43. The third-order valence-corrected chi connectivity index (χ3v) is 0.809. The molecule has 0 atom stereocenters. The predicted octanol–water partition coefficient (Wildman–Crippen LogP) is 0.574. The van der Waals surface area contributed by atoms with Crippen LogP contribution in [0.1, 0.15) is 20.8 Å². The van der Waals surface area contributed by atoms with Crippen LogP contribution < -0.4 is 11.5 Å². The Kier molecular flexibility index (Phi) is 2.78. The molecule has 0 rings (SSSR count). The number of rotatable bonds is 1. The van der Waals surface area contributed by atoms with Crippen LogP contribution in [0, 0.1) is 0 Å². The fourth-order valence-corrected chi connectivity index (χ4v) is 0.302. The lowest BCUT2D eigenvalue weighted by atomic mass is 10.3. The molecular weight excluding hydrogens is 114 g/mol. The number of amidine groups is 1. The summed E-state index contributed by atoms with van der Waals surface area (Å²) in [6.45, 7) is 5.49. The Labute approximate surface area is 55.4 Å². The molecule has 0 aliphatic heterocycles. The molecule has 3 heteroatoms. The van der Waals surface area contributed by atoms with E-state index in [1.807, 2.05) is 13.8 Å². The van der Waals surface area contributed by atoms with Gasteiger partial charge in [0.05, 0.1) is 5.84 Å². The Balaban J connectivity index is 4.25. The lowest BCUT2D eigenvalue weighted by Crippen LogP contribution is -2.08. The van der Waals surface area contributed by atoms with Crippen LogP contribution in [0.5, 0.6) is 0 Å². The molecule has 0 fully saturated rings. The van der Waals surface area contributed by atoms with Crippen LogP contribution in [-0.2, 0) is 0 Å². The van der Waals surface area contributed by atoms with Crippen molar-refractivity contribution in [2.75, 3.05) is 0 Å². The van der Waals surface area contributed by atoms with Crippen molar-refractivity contribution in [3.63, 3.8) is 0 Å². The summed E-state index contributed by atoms with van der Waals surface area (Å²) in [6, 6.07) is 0. The highest BCUT2D eigenvalue weighted by molar-refractivity contribution is 5.78. The van der Waals surface area contributed by atoms with Crippen LogP contribution in [0.25, 0.3) is 0 Å². The zero-order valence-corrected chi connectivity index (χ0v) is 6.10. The molecular formula is C6H13N3. The molecule has 0 saturated carbocycles. The number of hydrogen-bond donors (Lipinski definition) is 2. The lowest BCUT2D eigenvalue weighted by Gasteiger charge is -1.95. The second-order valence-corrected chi connectivity index (χ2v) is 2.14. The lowest BCUT2D eigenvalue weighted by molar-refractivity contribution is 1.14. The third-order valence-electron chi connectivity index (χ3n) is 0.809. The molecule has 0 bridgehead atoms. The number of aliphatic imine (C=N–C) groups is 1. The van der Waals surface area contributed by atoms with E-state index in [4.69, 9.17) is 11.5 Å². The molecule has 0 aromatic rings. The summed E-state index contributed by atoms with van der Waals surface area (Å²) in [5, 5.41) is 0. The molecule has 0 spiro atoms. The molecule has 9 heavy (non-hydrogen) atoms. The second-order valence-electron chi connectivity index (χ2n) is 2.14. The molecule has 0 amide bonds. The van der Waals surface area contributed by atoms with Crippen LogP contribution in [0.4, 0.5) is 0 Å². The standard InChI is InChI=1S/C6H13N3/c1-4(2)6(8)9-5(3)7/h8H2,1-3H3,(H2,7,9). The third kappa shape index (κ3) is 3.58.